The molecule has 2 aromatic rings. The predicted octanol–water partition coefficient (Wildman–Crippen LogP) is 7.32. The minimum Gasteiger partial charge on any atom is -0.457 e. The van der Waals surface area contributed by atoms with Crippen molar-refractivity contribution >= 4 is 57.9 Å². The summed E-state index contributed by atoms with van der Waals surface area (Å²) in [4.78, 5) is 0. The zero-order valence-corrected chi connectivity index (χ0v) is 24.3. The lowest BCUT2D eigenvalue weighted by Crippen LogP contribution is -2.36. The summed E-state index contributed by atoms with van der Waals surface area (Å²) >= 11 is 10.5. The van der Waals surface area contributed by atoms with Crippen molar-refractivity contribution < 1.29 is 17.3 Å². The van der Waals surface area contributed by atoms with E-state index in [0.29, 0.717) is 11.5 Å². The van der Waals surface area contributed by atoms with E-state index in [1.807, 2.05) is 68.4 Å². The summed E-state index contributed by atoms with van der Waals surface area (Å²) < 4.78 is 35.9. The molecule has 0 unspecified atom stereocenters. The van der Waals surface area contributed by atoms with Gasteiger partial charge in [-0.1, -0.05) is 92.0 Å². The number of ether oxygens (including phenoxy) is 1. The molecule has 178 valence electrons. The van der Waals surface area contributed by atoms with Crippen LogP contribution in [0.25, 0.3) is 0 Å². The third kappa shape index (κ3) is 6.02. The van der Waals surface area contributed by atoms with Crippen molar-refractivity contribution in [3.05, 3.63) is 60.2 Å². The molecule has 0 bridgehead atoms. The van der Waals surface area contributed by atoms with Gasteiger partial charge in [0.25, 0.3) is 10.1 Å². The summed E-state index contributed by atoms with van der Waals surface area (Å²) in [5, 5.41) is 9.45. The quantitative estimate of drug-likeness (QED) is 0.219. The van der Waals surface area contributed by atoms with Gasteiger partial charge in [-0.05, 0) is 55.0 Å². The van der Waals surface area contributed by atoms with Gasteiger partial charge in [0.15, 0.2) is 2.14 Å². The van der Waals surface area contributed by atoms with E-state index in [2.05, 4.69) is 53.9 Å². The van der Waals surface area contributed by atoms with Crippen LogP contribution in [0.1, 0.15) is 39.2 Å². The van der Waals surface area contributed by atoms with Gasteiger partial charge in [-0.2, -0.15) is 13.7 Å². The van der Waals surface area contributed by atoms with Crippen molar-refractivity contribution in [3.63, 3.8) is 0 Å². The van der Waals surface area contributed by atoms with Crippen molar-refractivity contribution in [2.24, 2.45) is 17.3 Å². The minimum atomic E-state index is -3.79. The van der Waals surface area contributed by atoms with E-state index in [-0.39, 0.29) is 17.3 Å². The summed E-state index contributed by atoms with van der Waals surface area (Å²) in [5.74, 6) is 0.538. The number of rotatable bonds is 8. The Morgan fingerprint density at radius 2 is 1.61 bits per heavy atom. The van der Waals surface area contributed by atoms with Crippen LogP contribution < -0.4 is 4.74 Å². The molecule has 1 fully saturated rings. The van der Waals surface area contributed by atoms with Crippen LogP contribution in [0.4, 0.5) is 0 Å². The molecule has 0 saturated heterocycles. The molecule has 4 atom stereocenters. The summed E-state index contributed by atoms with van der Waals surface area (Å²) in [6.07, 6.45) is -0.774. The molecule has 0 aromatic heterocycles. The molecule has 0 heterocycles. The van der Waals surface area contributed by atoms with Crippen LogP contribution in [0.3, 0.4) is 0 Å². The van der Waals surface area contributed by atoms with E-state index < -0.39 is 29.5 Å². The Hall–Kier alpha value is -0.920. The molecule has 0 spiro atoms. The Kier molecular flexibility index (Phi) is 8.07. The van der Waals surface area contributed by atoms with Gasteiger partial charge in [-0.25, -0.2) is 0 Å². The first kappa shape index (κ1) is 26.7. The highest BCUT2D eigenvalue weighted by Gasteiger charge is 2.68. The number of hydrogen-bond acceptors (Lipinski definition) is 5. The third-order valence-electron chi connectivity index (χ3n) is 6.15. The highest BCUT2D eigenvalue weighted by atomic mass is 80.0. The lowest BCUT2D eigenvalue weighted by Gasteiger charge is -2.27. The molecular formula is C24H26Br3NO4S. The Labute approximate surface area is 221 Å². The molecule has 0 aliphatic heterocycles. The maximum absolute atomic E-state index is 12.6. The van der Waals surface area contributed by atoms with Crippen LogP contribution in [-0.2, 0) is 14.3 Å². The molecule has 0 N–H and O–H groups in total. The Bertz CT molecular complexity index is 1120. The number of hydrogen-bond donors (Lipinski definition) is 0. The van der Waals surface area contributed by atoms with Crippen LogP contribution in [0.5, 0.6) is 11.5 Å². The van der Waals surface area contributed by atoms with Crippen LogP contribution in [0.2, 0.25) is 0 Å². The topological polar surface area (TPSA) is 76.4 Å². The van der Waals surface area contributed by atoms with Gasteiger partial charge in [0.05, 0.1) is 17.2 Å². The lowest BCUT2D eigenvalue weighted by atomic mass is 9.91. The lowest BCUT2D eigenvalue weighted by molar-refractivity contribution is 0.178. The Morgan fingerprint density at radius 1 is 1.00 bits per heavy atom. The molecule has 5 nitrogen and oxygen atoms in total. The molecule has 33 heavy (non-hydrogen) atoms. The summed E-state index contributed by atoms with van der Waals surface area (Å²) in [6, 6.07) is 19.4. The van der Waals surface area contributed by atoms with E-state index in [4.69, 9.17) is 8.92 Å². The number of nitrogens with zero attached hydrogens (tertiary/aromatic N) is 1. The SMILES string of the molecule is CC(C)S(=O)(=O)O[C@H]([C@H]1[C@@H]([C@H](C#N)c2cccc(Oc3ccccc3)c2)C1(C)C)C(Br)(Br)Br. The molecule has 9 heteroatoms. The van der Waals surface area contributed by atoms with Gasteiger partial charge in [-0.15, -0.1) is 0 Å². The van der Waals surface area contributed by atoms with Crippen molar-refractivity contribution in [1.82, 2.24) is 0 Å². The molecule has 3 rings (SSSR count). The van der Waals surface area contributed by atoms with Crippen LogP contribution in [-0.4, -0.2) is 21.9 Å². The monoisotopic (exact) mass is 661 g/mol. The van der Waals surface area contributed by atoms with E-state index in [9.17, 15) is 13.7 Å². The fraction of sp³-hybridized carbons (Fsp3) is 0.458. The van der Waals surface area contributed by atoms with E-state index in [0.717, 1.165) is 5.56 Å². The van der Waals surface area contributed by atoms with Gasteiger partial charge in [0.2, 0.25) is 0 Å². The molecule has 0 radical (unpaired) electrons. The highest BCUT2D eigenvalue weighted by Crippen LogP contribution is 2.69. The first-order valence-corrected chi connectivity index (χ1v) is 14.4. The van der Waals surface area contributed by atoms with Crippen molar-refractivity contribution in [3.8, 4) is 17.6 Å². The van der Waals surface area contributed by atoms with E-state index in [1.165, 1.54) is 0 Å². The van der Waals surface area contributed by atoms with E-state index >= 15 is 0 Å². The zero-order valence-electron chi connectivity index (χ0n) is 18.7. The normalized spacial score (nSPS) is 21.8. The number of para-hydroxylation sites is 1. The number of nitriles is 1. The Balaban J connectivity index is 1.91. The fourth-order valence-corrected chi connectivity index (χ4v) is 6.55. The fourth-order valence-electron chi connectivity index (χ4n) is 4.27. The first-order valence-electron chi connectivity index (χ1n) is 10.5. The van der Waals surface area contributed by atoms with Crippen LogP contribution >= 0.6 is 47.8 Å². The molecular weight excluding hydrogens is 638 g/mol. The maximum atomic E-state index is 12.6. The second-order valence-electron chi connectivity index (χ2n) is 9.07. The second-order valence-corrected chi connectivity index (χ2v) is 18.1. The summed E-state index contributed by atoms with van der Waals surface area (Å²) in [5.41, 5.74) is 0.482. The maximum Gasteiger partial charge on any atom is 0.270 e. The number of benzene rings is 2. The summed E-state index contributed by atoms with van der Waals surface area (Å²) in [7, 11) is -3.79. The van der Waals surface area contributed by atoms with Crippen molar-refractivity contribution in [1.29, 1.82) is 5.26 Å². The van der Waals surface area contributed by atoms with Crippen LogP contribution in [0, 0.1) is 28.6 Å². The molecule has 2 aromatic carbocycles. The second kappa shape index (κ2) is 9.98. The average Bonchev–Trinajstić information content (AvgIpc) is 3.27. The molecule has 0 amide bonds. The molecule has 1 aliphatic rings. The van der Waals surface area contributed by atoms with Gasteiger partial charge in [0.1, 0.15) is 17.6 Å². The Morgan fingerprint density at radius 3 is 2.15 bits per heavy atom. The average molecular weight is 664 g/mol. The third-order valence-corrected chi connectivity index (χ3v) is 9.14. The van der Waals surface area contributed by atoms with Gasteiger partial charge >= 0.3 is 0 Å². The van der Waals surface area contributed by atoms with E-state index in [1.54, 1.807) is 13.8 Å². The minimum absolute atomic E-state index is 0.131. The summed E-state index contributed by atoms with van der Waals surface area (Å²) in [6.45, 7) is 7.23. The smallest absolute Gasteiger partial charge is 0.270 e. The van der Waals surface area contributed by atoms with Crippen molar-refractivity contribution in [2.45, 2.75) is 47.1 Å². The number of alkyl halides is 3. The van der Waals surface area contributed by atoms with Crippen LogP contribution in [0.15, 0.2) is 54.6 Å². The van der Waals surface area contributed by atoms with Gasteiger partial charge in [-0.3, -0.25) is 4.18 Å². The largest absolute Gasteiger partial charge is 0.457 e. The standard InChI is InChI=1S/C24H26Br3NO4S/c1-15(2)33(29,30)32-22(24(25,26)27)21-20(23(21,3)4)19(14-28)16-9-8-12-18(13-16)31-17-10-6-5-7-11-17/h5-13,15,19-22H,1-4H3/t19-,20-,21-,22-/m1/s1. The zero-order chi connectivity index (χ0) is 24.6. The molecule has 1 saturated carbocycles. The van der Waals surface area contributed by atoms with Gasteiger partial charge < -0.3 is 4.74 Å². The first-order chi connectivity index (χ1) is 15.3. The number of halogens is 3. The highest BCUT2D eigenvalue weighted by molar-refractivity contribution is 9.39. The predicted molar refractivity (Wildman–Crippen MR) is 141 cm³/mol. The molecule has 1 aliphatic carbocycles. The van der Waals surface area contributed by atoms with Crippen molar-refractivity contribution in [2.75, 3.05) is 0 Å². The van der Waals surface area contributed by atoms with Gasteiger partial charge in [0, 0.05) is 5.92 Å².